The van der Waals surface area contributed by atoms with Gasteiger partial charge in [-0.05, 0) is 44.0 Å². The lowest BCUT2D eigenvalue weighted by Crippen LogP contribution is -2.40. The zero-order chi connectivity index (χ0) is 14.6. The Morgan fingerprint density at radius 1 is 1.47 bits per heavy atom. The smallest absolute Gasteiger partial charge is 0.328 e. The largest absolute Gasteiger partial charge is 0.478 e. The van der Waals surface area contributed by atoms with Crippen LogP contribution in [0.5, 0.6) is 0 Å². The maximum atomic E-state index is 10.6. The summed E-state index contributed by atoms with van der Waals surface area (Å²) in [4.78, 5) is 12.8. The van der Waals surface area contributed by atoms with Crippen molar-refractivity contribution in [1.29, 1.82) is 0 Å². The SMILES string of the molecule is CCC(C)(C)N(C)c1cc(Cl)ccc1/C=C/C(=O)O. The summed E-state index contributed by atoms with van der Waals surface area (Å²) in [5.41, 5.74) is 1.74. The molecular weight excluding hydrogens is 262 g/mol. The van der Waals surface area contributed by atoms with Gasteiger partial charge in [0.2, 0.25) is 0 Å². The minimum Gasteiger partial charge on any atom is -0.478 e. The standard InChI is InChI=1S/C15H20ClNO2/c1-5-15(2,3)17(4)13-10-12(16)8-6-11(13)7-9-14(18)19/h6-10H,5H2,1-4H3,(H,18,19)/b9-7+. The molecule has 0 spiro atoms. The van der Waals surface area contributed by atoms with Crippen LogP contribution in [-0.2, 0) is 4.79 Å². The van der Waals surface area contributed by atoms with Crippen molar-refractivity contribution in [1.82, 2.24) is 0 Å². The molecule has 0 aliphatic carbocycles. The molecule has 0 unspecified atom stereocenters. The lowest BCUT2D eigenvalue weighted by Gasteiger charge is -2.37. The van der Waals surface area contributed by atoms with E-state index in [-0.39, 0.29) is 5.54 Å². The van der Waals surface area contributed by atoms with Crippen LogP contribution in [0, 0.1) is 0 Å². The Bertz CT molecular complexity index is 495. The number of hydrogen-bond donors (Lipinski definition) is 1. The Kier molecular flexibility index (Phi) is 5.01. The molecule has 104 valence electrons. The number of anilines is 1. The van der Waals surface area contributed by atoms with E-state index in [0.717, 1.165) is 23.7 Å². The number of halogens is 1. The van der Waals surface area contributed by atoms with Gasteiger partial charge in [-0.25, -0.2) is 4.79 Å². The second kappa shape index (κ2) is 6.11. The highest BCUT2D eigenvalue weighted by Gasteiger charge is 2.23. The predicted molar refractivity (Wildman–Crippen MR) is 80.9 cm³/mol. The van der Waals surface area contributed by atoms with Gasteiger partial charge in [0.1, 0.15) is 0 Å². The summed E-state index contributed by atoms with van der Waals surface area (Å²) in [5, 5.41) is 9.38. The molecular formula is C15H20ClNO2. The molecule has 19 heavy (non-hydrogen) atoms. The third-order valence-electron chi connectivity index (χ3n) is 3.53. The first-order chi connectivity index (χ1) is 8.77. The van der Waals surface area contributed by atoms with Crippen LogP contribution in [0.1, 0.15) is 32.8 Å². The van der Waals surface area contributed by atoms with Crippen molar-refractivity contribution in [2.24, 2.45) is 0 Å². The van der Waals surface area contributed by atoms with E-state index < -0.39 is 5.97 Å². The molecule has 1 aromatic carbocycles. The van der Waals surface area contributed by atoms with Gasteiger partial charge in [0.25, 0.3) is 0 Å². The average molecular weight is 282 g/mol. The van der Waals surface area contributed by atoms with E-state index in [9.17, 15) is 4.79 Å². The average Bonchev–Trinajstić information content (AvgIpc) is 2.36. The molecule has 1 rings (SSSR count). The summed E-state index contributed by atoms with van der Waals surface area (Å²) >= 11 is 6.05. The number of carbonyl (C=O) groups is 1. The first kappa shape index (κ1) is 15.6. The molecule has 0 atom stereocenters. The Balaban J connectivity index is 3.24. The highest BCUT2D eigenvalue weighted by Crippen LogP contribution is 2.31. The molecule has 0 fully saturated rings. The molecule has 4 heteroatoms. The Morgan fingerprint density at radius 3 is 2.63 bits per heavy atom. The number of nitrogens with zero attached hydrogens (tertiary/aromatic N) is 1. The van der Waals surface area contributed by atoms with Crippen LogP contribution in [0.4, 0.5) is 5.69 Å². The van der Waals surface area contributed by atoms with E-state index in [1.165, 1.54) is 0 Å². The second-order valence-electron chi connectivity index (χ2n) is 5.10. The zero-order valence-corrected chi connectivity index (χ0v) is 12.5. The number of benzene rings is 1. The number of hydrogen-bond acceptors (Lipinski definition) is 2. The second-order valence-corrected chi connectivity index (χ2v) is 5.54. The van der Waals surface area contributed by atoms with Crippen LogP contribution in [0.3, 0.4) is 0 Å². The van der Waals surface area contributed by atoms with Crippen LogP contribution >= 0.6 is 11.6 Å². The van der Waals surface area contributed by atoms with Gasteiger partial charge in [-0.3, -0.25) is 0 Å². The van der Waals surface area contributed by atoms with Crippen molar-refractivity contribution in [3.8, 4) is 0 Å². The summed E-state index contributed by atoms with van der Waals surface area (Å²) in [6.07, 6.45) is 3.70. The van der Waals surface area contributed by atoms with Gasteiger partial charge in [0, 0.05) is 29.4 Å². The predicted octanol–water partition coefficient (Wildman–Crippen LogP) is 4.06. The maximum absolute atomic E-state index is 10.6. The number of rotatable bonds is 5. The van der Waals surface area contributed by atoms with Crippen LogP contribution in [-0.4, -0.2) is 23.7 Å². The normalized spacial score (nSPS) is 11.8. The zero-order valence-electron chi connectivity index (χ0n) is 11.8. The molecule has 0 heterocycles. The van der Waals surface area contributed by atoms with E-state index in [4.69, 9.17) is 16.7 Å². The summed E-state index contributed by atoms with van der Waals surface area (Å²) in [5.74, 6) is -0.960. The van der Waals surface area contributed by atoms with Crippen molar-refractivity contribution in [2.45, 2.75) is 32.7 Å². The van der Waals surface area contributed by atoms with Crippen LogP contribution in [0.2, 0.25) is 5.02 Å². The number of carboxylic acids is 1. The summed E-state index contributed by atoms with van der Waals surface area (Å²) in [6.45, 7) is 6.39. The first-order valence-corrected chi connectivity index (χ1v) is 6.60. The summed E-state index contributed by atoms with van der Waals surface area (Å²) < 4.78 is 0. The van der Waals surface area contributed by atoms with Crippen LogP contribution in [0.25, 0.3) is 6.08 Å². The molecule has 0 radical (unpaired) electrons. The number of aliphatic carboxylic acids is 1. The topological polar surface area (TPSA) is 40.5 Å². The molecule has 0 amide bonds. The maximum Gasteiger partial charge on any atom is 0.328 e. The molecule has 3 nitrogen and oxygen atoms in total. The molecule has 1 aromatic rings. The van der Waals surface area contributed by atoms with Gasteiger partial charge < -0.3 is 10.0 Å². The van der Waals surface area contributed by atoms with Crippen LogP contribution in [0.15, 0.2) is 24.3 Å². The summed E-state index contributed by atoms with van der Waals surface area (Å²) in [7, 11) is 1.99. The first-order valence-electron chi connectivity index (χ1n) is 6.22. The molecule has 0 aliphatic heterocycles. The minimum atomic E-state index is -0.960. The Morgan fingerprint density at radius 2 is 2.11 bits per heavy atom. The van der Waals surface area contributed by atoms with E-state index in [1.807, 2.05) is 19.2 Å². The van der Waals surface area contributed by atoms with Crippen molar-refractivity contribution in [2.75, 3.05) is 11.9 Å². The lowest BCUT2D eigenvalue weighted by atomic mass is 9.98. The molecule has 0 aromatic heterocycles. The fourth-order valence-corrected chi connectivity index (χ4v) is 1.84. The van der Waals surface area contributed by atoms with Crippen molar-refractivity contribution < 1.29 is 9.90 Å². The van der Waals surface area contributed by atoms with Gasteiger partial charge in [0.05, 0.1) is 0 Å². The Labute approximate surface area is 119 Å². The highest BCUT2D eigenvalue weighted by molar-refractivity contribution is 6.31. The molecule has 0 saturated carbocycles. The van der Waals surface area contributed by atoms with Gasteiger partial charge in [0.15, 0.2) is 0 Å². The Hall–Kier alpha value is -1.48. The third kappa shape index (κ3) is 4.00. The molecule has 1 N–H and O–H groups in total. The van der Waals surface area contributed by atoms with E-state index >= 15 is 0 Å². The van der Waals surface area contributed by atoms with Gasteiger partial charge in [-0.2, -0.15) is 0 Å². The van der Waals surface area contributed by atoms with E-state index in [1.54, 1.807) is 12.1 Å². The van der Waals surface area contributed by atoms with E-state index in [2.05, 4.69) is 25.7 Å². The van der Waals surface area contributed by atoms with Gasteiger partial charge >= 0.3 is 5.97 Å². The fourth-order valence-electron chi connectivity index (χ4n) is 1.67. The fraction of sp³-hybridized carbons (Fsp3) is 0.400. The monoisotopic (exact) mass is 281 g/mol. The lowest BCUT2D eigenvalue weighted by molar-refractivity contribution is -0.131. The van der Waals surface area contributed by atoms with Crippen molar-refractivity contribution in [3.63, 3.8) is 0 Å². The van der Waals surface area contributed by atoms with Crippen molar-refractivity contribution in [3.05, 3.63) is 34.9 Å². The number of carboxylic acid groups (broad SMARTS) is 1. The van der Waals surface area contributed by atoms with E-state index in [0.29, 0.717) is 5.02 Å². The molecule has 0 bridgehead atoms. The van der Waals surface area contributed by atoms with Gasteiger partial charge in [-0.1, -0.05) is 24.6 Å². The summed E-state index contributed by atoms with van der Waals surface area (Å²) in [6, 6.07) is 5.46. The van der Waals surface area contributed by atoms with Crippen molar-refractivity contribution >= 4 is 29.3 Å². The van der Waals surface area contributed by atoms with Crippen LogP contribution < -0.4 is 4.90 Å². The van der Waals surface area contributed by atoms with Gasteiger partial charge in [-0.15, -0.1) is 0 Å². The third-order valence-corrected chi connectivity index (χ3v) is 3.77. The minimum absolute atomic E-state index is 0.0313. The quantitative estimate of drug-likeness (QED) is 0.827. The molecule has 0 saturated heterocycles. The molecule has 0 aliphatic rings. The highest BCUT2D eigenvalue weighted by atomic mass is 35.5.